The lowest BCUT2D eigenvalue weighted by Gasteiger charge is -2.03. The van der Waals surface area contributed by atoms with E-state index in [0.29, 0.717) is 25.8 Å². The standard InChI is InChI=1S/C7H9N3O/c8-3-1-2-7(4-9)5-10-6-11/h6-7H,1-2,5H2,(H,10,11). The molecule has 0 aliphatic carbocycles. The van der Waals surface area contributed by atoms with Gasteiger partial charge in [-0.2, -0.15) is 10.5 Å². The fourth-order valence-corrected chi connectivity index (χ4v) is 0.641. The molecule has 0 fully saturated rings. The molecule has 4 nitrogen and oxygen atoms in total. The highest BCUT2D eigenvalue weighted by Gasteiger charge is 2.04. The third-order valence-electron chi connectivity index (χ3n) is 1.23. The lowest BCUT2D eigenvalue weighted by Crippen LogP contribution is -2.20. The van der Waals surface area contributed by atoms with Gasteiger partial charge in [0.05, 0.1) is 18.1 Å². The molecule has 0 spiro atoms. The molecule has 0 aromatic carbocycles. The van der Waals surface area contributed by atoms with Gasteiger partial charge in [-0.1, -0.05) is 0 Å². The second-order valence-corrected chi connectivity index (χ2v) is 2.05. The summed E-state index contributed by atoms with van der Waals surface area (Å²) in [6, 6.07) is 3.94. The predicted molar refractivity (Wildman–Crippen MR) is 38.0 cm³/mol. The molecule has 4 heteroatoms. The fraction of sp³-hybridized carbons (Fsp3) is 0.571. The van der Waals surface area contributed by atoms with E-state index in [4.69, 9.17) is 10.5 Å². The van der Waals surface area contributed by atoms with E-state index in [1.807, 2.05) is 12.1 Å². The van der Waals surface area contributed by atoms with Crippen molar-refractivity contribution in [3.8, 4) is 12.1 Å². The summed E-state index contributed by atoms with van der Waals surface area (Å²) in [7, 11) is 0. The van der Waals surface area contributed by atoms with Crippen molar-refractivity contribution in [2.45, 2.75) is 12.8 Å². The van der Waals surface area contributed by atoms with Crippen LogP contribution in [0.25, 0.3) is 0 Å². The largest absolute Gasteiger partial charge is 0.357 e. The highest BCUT2D eigenvalue weighted by molar-refractivity contribution is 5.45. The molecule has 11 heavy (non-hydrogen) atoms. The maximum Gasteiger partial charge on any atom is 0.207 e. The summed E-state index contributed by atoms with van der Waals surface area (Å²) in [4.78, 5) is 9.81. The number of nitriles is 2. The second-order valence-electron chi connectivity index (χ2n) is 2.05. The van der Waals surface area contributed by atoms with Gasteiger partial charge in [0.25, 0.3) is 0 Å². The van der Waals surface area contributed by atoms with E-state index in [1.165, 1.54) is 0 Å². The molecule has 0 rings (SSSR count). The van der Waals surface area contributed by atoms with Gasteiger partial charge >= 0.3 is 0 Å². The van der Waals surface area contributed by atoms with Gasteiger partial charge < -0.3 is 5.32 Å². The summed E-state index contributed by atoms with van der Waals surface area (Å²) in [6.45, 7) is 0.335. The Kier molecular flexibility index (Phi) is 5.64. The summed E-state index contributed by atoms with van der Waals surface area (Å²) in [5.74, 6) is -0.236. The van der Waals surface area contributed by atoms with Gasteiger partial charge in [-0.05, 0) is 6.42 Å². The van der Waals surface area contributed by atoms with Gasteiger partial charge in [0.2, 0.25) is 6.41 Å². The molecule has 1 atom stereocenters. The van der Waals surface area contributed by atoms with E-state index in [0.717, 1.165) is 0 Å². The molecule has 0 aromatic rings. The van der Waals surface area contributed by atoms with Crippen LogP contribution < -0.4 is 5.32 Å². The van der Waals surface area contributed by atoms with Crippen molar-refractivity contribution in [1.82, 2.24) is 5.32 Å². The van der Waals surface area contributed by atoms with Crippen molar-refractivity contribution in [3.05, 3.63) is 0 Å². The second kappa shape index (κ2) is 6.57. The molecular formula is C7H9N3O. The van der Waals surface area contributed by atoms with E-state index in [2.05, 4.69) is 5.32 Å². The Balaban J connectivity index is 3.53. The van der Waals surface area contributed by atoms with Crippen molar-refractivity contribution >= 4 is 6.41 Å². The summed E-state index contributed by atoms with van der Waals surface area (Å²) in [5, 5.41) is 19.0. The zero-order chi connectivity index (χ0) is 8.53. The molecule has 1 amide bonds. The van der Waals surface area contributed by atoms with Crippen LogP contribution in [0.2, 0.25) is 0 Å². The average molecular weight is 151 g/mol. The topological polar surface area (TPSA) is 76.7 Å². The van der Waals surface area contributed by atoms with E-state index < -0.39 is 0 Å². The summed E-state index contributed by atoms with van der Waals surface area (Å²) < 4.78 is 0. The lowest BCUT2D eigenvalue weighted by molar-refractivity contribution is -0.109. The van der Waals surface area contributed by atoms with Gasteiger partial charge in [-0.15, -0.1) is 0 Å². The van der Waals surface area contributed by atoms with Crippen LogP contribution >= 0.6 is 0 Å². The number of rotatable bonds is 5. The molecule has 0 aromatic heterocycles. The van der Waals surface area contributed by atoms with Gasteiger partial charge in [0, 0.05) is 13.0 Å². The van der Waals surface area contributed by atoms with Crippen molar-refractivity contribution in [2.75, 3.05) is 6.54 Å². The zero-order valence-corrected chi connectivity index (χ0v) is 6.08. The summed E-state index contributed by atoms with van der Waals surface area (Å²) in [5.41, 5.74) is 0. The van der Waals surface area contributed by atoms with Crippen LogP contribution in [-0.2, 0) is 4.79 Å². The molecular weight excluding hydrogens is 142 g/mol. The number of nitrogens with zero attached hydrogens (tertiary/aromatic N) is 2. The first-order chi connectivity index (χ1) is 5.35. The Bertz CT molecular complexity index is 189. The molecule has 1 unspecified atom stereocenters. The SMILES string of the molecule is N#CCCC(C#N)CNC=O. The summed E-state index contributed by atoms with van der Waals surface area (Å²) >= 11 is 0. The van der Waals surface area contributed by atoms with Crippen LogP contribution in [0.3, 0.4) is 0 Å². The third-order valence-corrected chi connectivity index (χ3v) is 1.23. The number of carbonyl (C=O) groups excluding carboxylic acids is 1. The Morgan fingerprint density at radius 3 is 2.73 bits per heavy atom. The third kappa shape index (κ3) is 4.92. The number of amides is 1. The molecule has 0 saturated carbocycles. The van der Waals surface area contributed by atoms with E-state index in [9.17, 15) is 4.79 Å². The number of nitrogens with one attached hydrogen (secondary N) is 1. The highest BCUT2D eigenvalue weighted by Crippen LogP contribution is 2.01. The molecule has 0 saturated heterocycles. The molecule has 0 aliphatic rings. The number of hydrogen-bond acceptors (Lipinski definition) is 3. The zero-order valence-electron chi connectivity index (χ0n) is 6.08. The van der Waals surface area contributed by atoms with E-state index in [-0.39, 0.29) is 5.92 Å². The molecule has 1 N–H and O–H groups in total. The fourth-order valence-electron chi connectivity index (χ4n) is 0.641. The van der Waals surface area contributed by atoms with Crippen LogP contribution in [-0.4, -0.2) is 13.0 Å². The van der Waals surface area contributed by atoms with Crippen molar-refractivity contribution in [3.63, 3.8) is 0 Å². The Morgan fingerprint density at radius 1 is 1.55 bits per heavy atom. The minimum absolute atomic E-state index is 0.236. The molecule has 0 radical (unpaired) electrons. The minimum atomic E-state index is -0.236. The van der Waals surface area contributed by atoms with Crippen molar-refractivity contribution in [1.29, 1.82) is 10.5 Å². The molecule has 0 heterocycles. The van der Waals surface area contributed by atoms with Crippen LogP contribution in [0.5, 0.6) is 0 Å². The smallest absolute Gasteiger partial charge is 0.207 e. The number of hydrogen-bond donors (Lipinski definition) is 1. The van der Waals surface area contributed by atoms with Crippen molar-refractivity contribution in [2.24, 2.45) is 5.92 Å². The quantitative estimate of drug-likeness (QED) is 0.569. The van der Waals surface area contributed by atoms with E-state index >= 15 is 0 Å². The maximum atomic E-state index is 9.81. The van der Waals surface area contributed by atoms with E-state index in [1.54, 1.807) is 0 Å². The van der Waals surface area contributed by atoms with Crippen LogP contribution in [0.4, 0.5) is 0 Å². The van der Waals surface area contributed by atoms with Gasteiger partial charge in [-0.25, -0.2) is 0 Å². The predicted octanol–water partition coefficient (Wildman–Crippen LogP) is 0.176. The Labute approximate surface area is 65.4 Å². The van der Waals surface area contributed by atoms with Crippen LogP contribution in [0.15, 0.2) is 0 Å². The molecule has 0 aliphatic heterocycles. The average Bonchev–Trinajstić information content (AvgIpc) is 2.05. The van der Waals surface area contributed by atoms with Gasteiger partial charge in [-0.3, -0.25) is 4.79 Å². The van der Waals surface area contributed by atoms with Crippen LogP contribution in [0, 0.1) is 28.6 Å². The molecule has 0 bridgehead atoms. The Hall–Kier alpha value is -1.55. The van der Waals surface area contributed by atoms with Crippen molar-refractivity contribution < 1.29 is 4.79 Å². The first-order valence-corrected chi connectivity index (χ1v) is 3.28. The number of carbonyl (C=O) groups is 1. The first kappa shape index (κ1) is 9.45. The monoisotopic (exact) mass is 151 g/mol. The lowest BCUT2D eigenvalue weighted by atomic mass is 10.1. The Morgan fingerprint density at radius 2 is 2.27 bits per heavy atom. The summed E-state index contributed by atoms with van der Waals surface area (Å²) in [6.07, 6.45) is 1.43. The van der Waals surface area contributed by atoms with Gasteiger partial charge in [0.1, 0.15) is 0 Å². The highest BCUT2D eigenvalue weighted by atomic mass is 16.1. The normalized spacial score (nSPS) is 10.7. The first-order valence-electron chi connectivity index (χ1n) is 3.28. The minimum Gasteiger partial charge on any atom is -0.357 e. The molecule has 58 valence electrons. The maximum absolute atomic E-state index is 9.81. The van der Waals surface area contributed by atoms with Gasteiger partial charge in [0.15, 0.2) is 0 Å². The van der Waals surface area contributed by atoms with Crippen LogP contribution in [0.1, 0.15) is 12.8 Å².